The van der Waals surface area contributed by atoms with Gasteiger partial charge in [0.1, 0.15) is 5.75 Å². The summed E-state index contributed by atoms with van der Waals surface area (Å²) in [7, 11) is 1.48. The quantitative estimate of drug-likeness (QED) is 0.502. The lowest BCUT2D eigenvalue weighted by molar-refractivity contribution is -0.384. The van der Waals surface area contributed by atoms with Crippen molar-refractivity contribution in [3.05, 3.63) is 58.6 Å². The molecule has 1 saturated heterocycles. The third kappa shape index (κ3) is 4.02. The average molecular weight is 372 g/mol. The Balaban J connectivity index is 1.62. The van der Waals surface area contributed by atoms with Crippen molar-refractivity contribution >= 4 is 34.4 Å². The minimum absolute atomic E-state index is 0.0187. The highest BCUT2D eigenvalue weighted by Crippen LogP contribution is 2.29. The van der Waals surface area contributed by atoms with Gasteiger partial charge in [0, 0.05) is 37.9 Å². The molecule has 2 aromatic rings. The molecule has 26 heavy (non-hydrogen) atoms. The van der Waals surface area contributed by atoms with Crippen LogP contribution < -0.4 is 15.0 Å². The fraction of sp³-hybridized carbons (Fsp3) is 0.278. The van der Waals surface area contributed by atoms with E-state index in [9.17, 15) is 10.1 Å². The van der Waals surface area contributed by atoms with Gasteiger partial charge in [-0.3, -0.25) is 10.1 Å². The number of ether oxygens (including phenoxy) is 1. The van der Waals surface area contributed by atoms with Gasteiger partial charge in [-0.25, -0.2) is 0 Å². The van der Waals surface area contributed by atoms with Crippen LogP contribution in [0.25, 0.3) is 0 Å². The summed E-state index contributed by atoms with van der Waals surface area (Å²) in [6.07, 6.45) is 0. The molecule has 0 atom stereocenters. The first-order chi connectivity index (χ1) is 12.6. The molecule has 0 aromatic heterocycles. The van der Waals surface area contributed by atoms with E-state index in [-0.39, 0.29) is 5.69 Å². The number of benzene rings is 2. The molecule has 1 heterocycles. The number of methoxy groups -OCH3 is 1. The van der Waals surface area contributed by atoms with Crippen molar-refractivity contribution in [1.82, 2.24) is 4.90 Å². The maximum Gasteiger partial charge on any atom is 0.273 e. The maximum absolute atomic E-state index is 10.9. The van der Waals surface area contributed by atoms with Crippen LogP contribution in [0.15, 0.2) is 48.5 Å². The Labute approximate surface area is 157 Å². The number of hydrogen-bond acceptors (Lipinski definition) is 5. The number of thiocarbonyl (C=S) groups is 1. The molecule has 136 valence electrons. The van der Waals surface area contributed by atoms with Crippen molar-refractivity contribution in [2.45, 2.75) is 0 Å². The number of non-ortho nitro benzene ring substituents is 1. The van der Waals surface area contributed by atoms with Gasteiger partial charge < -0.3 is 19.9 Å². The van der Waals surface area contributed by atoms with Gasteiger partial charge in [0.25, 0.3) is 5.69 Å². The minimum atomic E-state index is -0.451. The topological polar surface area (TPSA) is 70.9 Å². The van der Waals surface area contributed by atoms with Gasteiger partial charge in [-0.15, -0.1) is 0 Å². The molecule has 0 saturated carbocycles. The second-order valence-electron chi connectivity index (χ2n) is 5.88. The Morgan fingerprint density at radius 1 is 1.15 bits per heavy atom. The normalized spacial score (nSPS) is 14.0. The van der Waals surface area contributed by atoms with Crippen molar-refractivity contribution < 1.29 is 9.66 Å². The molecule has 2 aromatic carbocycles. The number of piperazine rings is 1. The fourth-order valence-electron chi connectivity index (χ4n) is 2.90. The monoisotopic (exact) mass is 372 g/mol. The van der Waals surface area contributed by atoms with Crippen LogP contribution in [-0.4, -0.2) is 48.2 Å². The Morgan fingerprint density at radius 2 is 1.85 bits per heavy atom. The summed E-state index contributed by atoms with van der Waals surface area (Å²) >= 11 is 5.51. The molecule has 1 aliphatic rings. The number of anilines is 2. The number of hydrogen-bond donors (Lipinski definition) is 1. The van der Waals surface area contributed by atoms with Crippen LogP contribution >= 0.6 is 12.2 Å². The van der Waals surface area contributed by atoms with Crippen molar-refractivity contribution in [1.29, 1.82) is 0 Å². The van der Waals surface area contributed by atoms with Crippen molar-refractivity contribution in [2.75, 3.05) is 43.5 Å². The molecule has 0 spiro atoms. The number of rotatable bonds is 4. The summed E-state index contributed by atoms with van der Waals surface area (Å²) in [6, 6.07) is 14.7. The van der Waals surface area contributed by atoms with Crippen LogP contribution in [0.5, 0.6) is 5.75 Å². The molecular weight excluding hydrogens is 352 g/mol. The first kappa shape index (κ1) is 17.9. The molecular formula is C18H20N4O3S. The number of nitro benzene ring substituents is 1. The van der Waals surface area contributed by atoms with Gasteiger partial charge in [-0.2, -0.15) is 0 Å². The molecule has 8 heteroatoms. The van der Waals surface area contributed by atoms with Crippen LogP contribution in [0.3, 0.4) is 0 Å². The third-order valence-electron chi connectivity index (χ3n) is 4.33. The summed E-state index contributed by atoms with van der Waals surface area (Å²) in [5, 5.41) is 14.6. The molecule has 0 bridgehead atoms. The number of nitrogens with one attached hydrogen (secondary N) is 1. The lowest BCUT2D eigenvalue weighted by Crippen LogP contribution is -2.50. The van der Waals surface area contributed by atoms with E-state index in [0.29, 0.717) is 16.5 Å². The summed E-state index contributed by atoms with van der Waals surface area (Å²) in [6.45, 7) is 3.36. The summed E-state index contributed by atoms with van der Waals surface area (Å²) in [5.74, 6) is 0.393. The minimum Gasteiger partial charge on any atom is -0.494 e. The first-order valence-electron chi connectivity index (χ1n) is 8.27. The van der Waals surface area contributed by atoms with Crippen molar-refractivity contribution in [2.24, 2.45) is 0 Å². The van der Waals surface area contributed by atoms with Gasteiger partial charge in [0.2, 0.25) is 0 Å². The maximum atomic E-state index is 10.9. The zero-order chi connectivity index (χ0) is 18.5. The molecule has 7 nitrogen and oxygen atoms in total. The molecule has 1 aliphatic heterocycles. The van der Waals surface area contributed by atoms with Crippen LogP contribution in [0.2, 0.25) is 0 Å². The van der Waals surface area contributed by atoms with E-state index >= 15 is 0 Å². The third-order valence-corrected chi connectivity index (χ3v) is 4.69. The summed E-state index contributed by atoms with van der Waals surface area (Å²) in [5.41, 5.74) is 1.81. The zero-order valence-electron chi connectivity index (χ0n) is 14.4. The van der Waals surface area contributed by atoms with E-state index in [4.69, 9.17) is 17.0 Å². The largest absolute Gasteiger partial charge is 0.494 e. The molecule has 3 rings (SSSR count). The zero-order valence-corrected chi connectivity index (χ0v) is 15.2. The van der Waals surface area contributed by atoms with Crippen LogP contribution in [-0.2, 0) is 0 Å². The first-order valence-corrected chi connectivity index (χ1v) is 8.67. The van der Waals surface area contributed by atoms with Crippen molar-refractivity contribution in [3.63, 3.8) is 0 Å². The summed E-state index contributed by atoms with van der Waals surface area (Å²) in [4.78, 5) is 14.9. The van der Waals surface area contributed by atoms with E-state index in [1.54, 1.807) is 6.07 Å². The summed E-state index contributed by atoms with van der Waals surface area (Å²) < 4.78 is 5.25. The van der Waals surface area contributed by atoms with Gasteiger partial charge in [0.15, 0.2) is 5.11 Å². The lowest BCUT2D eigenvalue weighted by Gasteiger charge is -2.37. The predicted octanol–water partition coefficient (Wildman–Crippen LogP) is 3.12. The van der Waals surface area contributed by atoms with Crippen LogP contribution in [0.4, 0.5) is 17.1 Å². The standard InChI is InChI=1S/C18H20N4O3S/c1-25-17-13-15(22(23)24)7-8-16(17)19-18(26)21-11-9-20(10-12-21)14-5-3-2-4-6-14/h2-8,13H,9-12H2,1H3,(H,19,26). The number of para-hydroxylation sites is 1. The predicted molar refractivity (Wildman–Crippen MR) is 106 cm³/mol. The Bertz CT molecular complexity index is 792. The SMILES string of the molecule is COc1cc([N+](=O)[O-])ccc1NC(=S)N1CCN(c2ccccc2)CC1. The highest BCUT2D eigenvalue weighted by atomic mass is 32.1. The second-order valence-corrected chi connectivity index (χ2v) is 6.27. The number of nitro groups is 1. The Kier molecular flexibility index (Phi) is 5.52. The van der Waals surface area contributed by atoms with Crippen LogP contribution in [0, 0.1) is 10.1 Å². The highest BCUT2D eigenvalue weighted by molar-refractivity contribution is 7.80. The van der Waals surface area contributed by atoms with Crippen LogP contribution in [0.1, 0.15) is 0 Å². The van der Waals surface area contributed by atoms with E-state index in [0.717, 1.165) is 26.2 Å². The van der Waals surface area contributed by atoms with Gasteiger partial charge >= 0.3 is 0 Å². The highest BCUT2D eigenvalue weighted by Gasteiger charge is 2.20. The van der Waals surface area contributed by atoms with Crippen molar-refractivity contribution in [3.8, 4) is 5.75 Å². The van der Waals surface area contributed by atoms with Gasteiger partial charge in [-0.1, -0.05) is 18.2 Å². The molecule has 0 unspecified atom stereocenters. The molecule has 0 aliphatic carbocycles. The van der Waals surface area contributed by atoms with E-state index < -0.39 is 4.92 Å². The van der Waals surface area contributed by atoms with E-state index in [2.05, 4.69) is 27.2 Å². The second kappa shape index (κ2) is 8.01. The fourth-order valence-corrected chi connectivity index (χ4v) is 3.19. The Morgan fingerprint density at radius 3 is 2.46 bits per heavy atom. The lowest BCUT2D eigenvalue weighted by atomic mass is 10.2. The van der Waals surface area contributed by atoms with E-state index in [1.165, 1.54) is 24.9 Å². The molecule has 1 N–H and O–H groups in total. The van der Waals surface area contributed by atoms with Gasteiger partial charge in [-0.05, 0) is 30.4 Å². The number of nitrogens with zero attached hydrogens (tertiary/aromatic N) is 3. The molecule has 0 radical (unpaired) electrons. The van der Waals surface area contributed by atoms with Gasteiger partial charge in [0.05, 0.1) is 23.8 Å². The molecule has 0 amide bonds. The Hall–Kier alpha value is -2.87. The smallest absolute Gasteiger partial charge is 0.273 e. The van der Waals surface area contributed by atoms with E-state index in [1.807, 2.05) is 18.2 Å². The average Bonchev–Trinajstić information content (AvgIpc) is 2.69. The molecule has 1 fully saturated rings.